The van der Waals surface area contributed by atoms with Crippen LogP contribution in [0.5, 0.6) is 0 Å². The number of amides is 1. The number of likely N-dealkylation sites (tertiary alicyclic amines) is 1. The first-order chi connectivity index (χ1) is 9.97. The summed E-state index contributed by atoms with van der Waals surface area (Å²) < 4.78 is 5.09. The topological polar surface area (TPSA) is 83.6 Å². The maximum atomic E-state index is 12.3. The van der Waals surface area contributed by atoms with Gasteiger partial charge in [0.2, 0.25) is 5.91 Å². The second kappa shape index (κ2) is 6.74. The normalized spacial score (nSPS) is 18.8. The standard InChI is InChI=1S/C15H22N2O4/c1-10-13(11(2)21-16-10)5-6-14(18)17-7-3-4-12(9-17)8-15(19)20/h12H,3-9H2,1-2H3,(H,19,20). The molecule has 1 unspecified atom stereocenters. The number of nitrogens with zero attached hydrogens (tertiary/aromatic N) is 2. The molecule has 2 rings (SSSR count). The molecule has 0 aliphatic carbocycles. The molecule has 1 saturated heterocycles. The molecule has 1 aromatic rings. The number of aromatic nitrogens is 1. The highest BCUT2D eigenvalue weighted by Crippen LogP contribution is 2.21. The lowest BCUT2D eigenvalue weighted by Gasteiger charge is -2.32. The fourth-order valence-corrected chi connectivity index (χ4v) is 2.95. The number of piperidine rings is 1. The molecule has 6 nitrogen and oxygen atoms in total. The van der Waals surface area contributed by atoms with Crippen molar-refractivity contribution in [2.24, 2.45) is 5.92 Å². The lowest BCUT2D eigenvalue weighted by molar-refractivity contribution is -0.140. The molecule has 1 aromatic heterocycles. The van der Waals surface area contributed by atoms with Crippen LogP contribution in [-0.4, -0.2) is 40.1 Å². The molecule has 1 aliphatic rings. The Balaban J connectivity index is 1.87. The van der Waals surface area contributed by atoms with Crippen LogP contribution in [0.1, 0.15) is 42.7 Å². The average molecular weight is 294 g/mol. The van der Waals surface area contributed by atoms with E-state index in [0.29, 0.717) is 19.4 Å². The predicted octanol–water partition coefficient (Wildman–Crippen LogP) is 1.94. The van der Waals surface area contributed by atoms with E-state index in [2.05, 4.69) is 5.16 Å². The number of aryl methyl sites for hydroxylation is 2. The summed E-state index contributed by atoms with van der Waals surface area (Å²) >= 11 is 0. The number of hydrogen-bond donors (Lipinski definition) is 1. The number of aliphatic carboxylic acids is 1. The van der Waals surface area contributed by atoms with E-state index in [1.807, 2.05) is 13.8 Å². The molecule has 116 valence electrons. The van der Waals surface area contributed by atoms with E-state index in [1.54, 1.807) is 4.90 Å². The van der Waals surface area contributed by atoms with E-state index in [4.69, 9.17) is 9.63 Å². The van der Waals surface area contributed by atoms with Gasteiger partial charge in [0, 0.05) is 31.5 Å². The molecular weight excluding hydrogens is 272 g/mol. The largest absolute Gasteiger partial charge is 0.481 e. The lowest BCUT2D eigenvalue weighted by Crippen LogP contribution is -2.40. The van der Waals surface area contributed by atoms with Gasteiger partial charge < -0.3 is 14.5 Å². The molecule has 1 amide bonds. The molecule has 21 heavy (non-hydrogen) atoms. The Hall–Kier alpha value is -1.85. The van der Waals surface area contributed by atoms with Gasteiger partial charge in [0.05, 0.1) is 5.69 Å². The number of carbonyl (C=O) groups is 2. The van der Waals surface area contributed by atoms with Crippen LogP contribution >= 0.6 is 0 Å². The maximum Gasteiger partial charge on any atom is 0.303 e. The van der Waals surface area contributed by atoms with Crippen molar-refractivity contribution in [2.45, 2.75) is 46.0 Å². The first kappa shape index (κ1) is 15.5. The van der Waals surface area contributed by atoms with Crippen molar-refractivity contribution in [1.29, 1.82) is 0 Å². The van der Waals surface area contributed by atoms with E-state index >= 15 is 0 Å². The van der Waals surface area contributed by atoms with Crippen molar-refractivity contribution in [2.75, 3.05) is 13.1 Å². The number of rotatable bonds is 5. The lowest BCUT2D eigenvalue weighted by atomic mass is 9.94. The van der Waals surface area contributed by atoms with Crippen LogP contribution in [0, 0.1) is 19.8 Å². The minimum atomic E-state index is -0.787. The summed E-state index contributed by atoms with van der Waals surface area (Å²) in [4.78, 5) is 24.9. The third-order valence-electron chi connectivity index (χ3n) is 4.11. The summed E-state index contributed by atoms with van der Waals surface area (Å²) in [6, 6.07) is 0. The van der Waals surface area contributed by atoms with E-state index in [9.17, 15) is 9.59 Å². The Labute approximate surface area is 124 Å². The van der Waals surface area contributed by atoms with Crippen molar-refractivity contribution in [3.8, 4) is 0 Å². The quantitative estimate of drug-likeness (QED) is 0.897. The Morgan fingerprint density at radius 2 is 2.19 bits per heavy atom. The molecule has 0 bridgehead atoms. The summed E-state index contributed by atoms with van der Waals surface area (Å²) in [5, 5.41) is 12.7. The number of carboxylic acids is 1. The van der Waals surface area contributed by atoms with Crippen molar-refractivity contribution in [3.63, 3.8) is 0 Å². The SMILES string of the molecule is Cc1noc(C)c1CCC(=O)N1CCCC(CC(=O)O)C1. The third-order valence-corrected chi connectivity index (χ3v) is 4.11. The minimum Gasteiger partial charge on any atom is -0.481 e. The van der Waals surface area contributed by atoms with Crippen LogP contribution in [0.25, 0.3) is 0 Å². The minimum absolute atomic E-state index is 0.0827. The molecule has 1 N–H and O–H groups in total. The predicted molar refractivity (Wildman–Crippen MR) is 75.9 cm³/mol. The Bertz CT molecular complexity index is 504. The summed E-state index contributed by atoms with van der Waals surface area (Å²) in [5.41, 5.74) is 1.84. The van der Waals surface area contributed by atoms with Crippen molar-refractivity contribution in [1.82, 2.24) is 10.1 Å². The van der Waals surface area contributed by atoms with Crippen LogP contribution in [0.3, 0.4) is 0 Å². The fraction of sp³-hybridized carbons (Fsp3) is 0.667. The van der Waals surface area contributed by atoms with Crippen LogP contribution < -0.4 is 0 Å². The molecular formula is C15H22N2O4. The smallest absolute Gasteiger partial charge is 0.303 e. The van der Waals surface area contributed by atoms with Gasteiger partial charge in [0.1, 0.15) is 5.76 Å². The van der Waals surface area contributed by atoms with Gasteiger partial charge in [-0.05, 0) is 39.0 Å². The van der Waals surface area contributed by atoms with Crippen LogP contribution in [-0.2, 0) is 16.0 Å². The zero-order valence-corrected chi connectivity index (χ0v) is 12.6. The van der Waals surface area contributed by atoms with Crippen LogP contribution in [0.15, 0.2) is 4.52 Å². The Morgan fingerprint density at radius 3 is 2.81 bits per heavy atom. The summed E-state index contributed by atoms with van der Waals surface area (Å²) in [5.74, 6) is 0.150. The van der Waals surface area contributed by atoms with E-state index in [1.165, 1.54) is 0 Å². The Morgan fingerprint density at radius 1 is 1.43 bits per heavy atom. The van der Waals surface area contributed by atoms with Gasteiger partial charge in [0.25, 0.3) is 0 Å². The third kappa shape index (κ3) is 4.06. The van der Waals surface area contributed by atoms with E-state index in [-0.39, 0.29) is 18.2 Å². The Kier molecular flexibility index (Phi) is 4.98. The second-order valence-electron chi connectivity index (χ2n) is 5.75. The molecule has 6 heteroatoms. The molecule has 0 aromatic carbocycles. The maximum absolute atomic E-state index is 12.3. The second-order valence-corrected chi connectivity index (χ2v) is 5.75. The number of carboxylic acid groups (broad SMARTS) is 1. The zero-order valence-electron chi connectivity index (χ0n) is 12.6. The summed E-state index contributed by atoms with van der Waals surface area (Å²) in [6.45, 7) is 5.02. The number of carbonyl (C=O) groups excluding carboxylic acids is 1. The first-order valence-corrected chi connectivity index (χ1v) is 7.38. The molecule has 0 radical (unpaired) electrons. The van der Waals surface area contributed by atoms with Crippen LogP contribution in [0.2, 0.25) is 0 Å². The fourth-order valence-electron chi connectivity index (χ4n) is 2.95. The van der Waals surface area contributed by atoms with Gasteiger partial charge in [-0.3, -0.25) is 9.59 Å². The van der Waals surface area contributed by atoms with E-state index < -0.39 is 5.97 Å². The van der Waals surface area contributed by atoms with Crippen LogP contribution in [0.4, 0.5) is 0 Å². The number of hydrogen-bond acceptors (Lipinski definition) is 4. The zero-order chi connectivity index (χ0) is 15.4. The van der Waals surface area contributed by atoms with Gasteiger partial charge >= 0.3 is 5.97 Å². The highest BCUT2D eigenvalue weighted by Gasteiger charge is 2.25. The van der Waals surface area contributed by atoms with E-state index in [0.717, 1.165) is 36.4 Å². The van der Waals surface area contributed by atoms with Gasteiger partial charge in [-0.25, -0.2) is 0 Å². The monoisotopic (exact) mass is 294 g/mol. The first-order valence-electron chi connectivity index (χ1n) is 7.38. The molecule has 2 heterocycles. The highest BCUT2D eigenvalue weighted by molar-refractivity contribution is 5.76. The van der Waals surface area contributed by atoms with Gasteiger partial charge in [-0.2, -0.15) is 0 Å². The summed E-state index contributed by atoms with van der Waals surface area (Å²) in [6.07, 6.45) is 2.96. The average Bonchev–Trinajstić information content (AvgIpc) is 2.75. The molecule has 1 atom stereocenters. The van der Waals surface area contributed by atoms with Crippen molar-refractivity contribution >= 4 is 11.9 Å². The molecule has 1 aliphatic heterocycles. The highest BCUT2D eigenvalue weighted by atomic mass is 16.5. The molecule has 0 saturated carbocycles. The van der Waals surface area contributed by atoms with Gasteiger partial charge in [-0.15, -0.1) is 0 Å². The van der Waals surface area contributed by atoms with Crippen molar-refractivity contribution < 1.29 is 19.2 Å². The van der Waals surface area contributed by atoms with Crippen molar-refractivity contribution in [3.05, 3.63) is 17.0 Å². The van der Waals surface area contributed by atoms with Gasteiger partial charge in [0.15, 0.2) is 0 Å². The molecule has 0 spiro atoms. The summed E-state index contributed by atoms with van der Waals surface area (Å²) in [7, 11) is 0. The molecule has 1 fully saturated rings. The van der Waals surface area contributed by atoms with Gasteiger partial charge in [-0.1, -0.05) is 5.16 Å².